The second kappa shape index (κ2) is 6.53. The Kier molecular flexibility index (Phi) is 4.53. The minimum Gasteiger partial charge on any atom is -0.399 e. The lowest BCUT2D eigenvalue weighted by molar-refractivity contribution is -0.114. The Morgan fingerprint density at radius 1 is 0.864 bits per heavy atom. The van der Waals surface area contributed by atoms with E-state index in [1.165, 1.54) is 31.2 Å². The predicted molar refractivity (Wildman–Crippen MR) is 81.3 cm³/mol. The van der Waals surface area contributed by atoms with Crippen molar-refractivity contribution in [1.82, 2.24) is 0 Å². The highest BCUT2D eigenvalue weighted by atomic mass is 16.6. The van der Waals surface area contributed by atoms with Gasteiger partial charge in [0.05, 0.1) is 11.1 Å². The minimum atomic E-state index is -0.767. The summed E-state index contributed by atoms with van der Waals surface area (Å²) < 4.78 is 4.78. The van der Waals surface area contributed by atoms with Gasteiger partial charge < -0.3 is 15.8 Å². The highest BCUT2D eigenvalue weighted by molar-refractivity contribution is 6.03. The summed E-state index contributed by atoms with van der Waals surface area (Å²) in [4.78, 5) is 34.6. The molecule has 0 heterocycles. The third kappa shape index (κ3) is 3.92. The predicted octanol–water partition coefficient (Wildman–Crippen LogP) is 2.22. The van der Waals surface area contributed by atoms with E-state index in [0.29, 0.717) is 11.4 Å². The van der Waals surface area contributed by atoms with Gasteiger partial charge in [0, 0.05) is 18.3 Å². The number of ether oxygens (including phenoxy) is 1. The van der Waals surface area contributed by atoms with Crippen molar-refractivity contribution in [3.8, 4) is 0 Å². The zero-order valence-electron chi connectivity index (χ0n) is 11.8. The third-order valence-corrected chi connectivity index (χ3v) is 2.77. The number of esters is 2. The summed E-state index contributed by atoms with van der Waals surface area (Å²) >= 11 is 0. The van der Waals surface area contributed by atoms with E-state index in [2.05, 4.69) is 5.32 Å². The Morgan fingerprint density at radius 3 is 1.77 bits per heavy atom. The first-order chi connectivity index (χ1) is 10.5. The summed E-state index contributed by atoms with van der Waals surface area (Å²) in [6.45, 7) is 1.38. The number of anilines is 2. The number of benzene rings is 2. The molecule has 0 fully saturated rings. The largest absolute Gasteiger partial charge is 0.399 e. The number of amides is 1. The van der Waals surface area contributed by atoms with Crippen LogP contribution in [0.2, 0.25) is 0 Å². The fraction of sp³-hybridized carbons (Fsp3) is 0.0625. The van der Waals surface area contributed by atoms with Crippen LogP contribution >= 0.6 is 0 Å². The van der Waals surface area contributed by atoms with Gasteiger partial charge >= 0.3 is 11.9 Å². The summed E-state index contributed by atoms with van der Waals surface area (Å²) in [5.41, 5.74) is 7.02. The molecule has 0 aliphatic heterocycles. The molecule has 0 saturated heterocycles. The van der Waals surface area contributed by atoms with E-state index in [-0.39, 0.29) is 17.0 Å². The van der Waals surface area contributed by atoms with E-state index in [0.717, 1.165) is 0 Å². The SMILES string of the molecule is CC(=O)Nc1ccc(C(=O)OC(=O)c2ccc(N)cc2)cc1. The van der Waals surface area contributed by atoms with Gasteiger partial charge in [-0.1, -0.05) is 0 Å². The molecule has 0 aromatic heterocycles. The van der Waals surface area contributed by atoms with E-state index in [4.69, 9.17) is 10.5 Å². The molecule has 0 aliphatic carbocycles. The Labute approximate surface area is 126 Å². The first-order valence-corrected chi connectivity index (χ1v) is 6.45. The van der Waals surface area contributed by atoms with Crippen molar-refractivity contribution in [3.05, 3.63) is 59.7 Å². The second-order valence-electron chi connectivity index (χ2n) is 4.56. The Morgan fingerprint density at radius 2 is 1.32 bits per heavy atom. The topological polar surface area (TPSA) is 98.5 Å². The molecule has 3 N–H and O–H groups in total. The van der Waals surface area contributed by atoms with E-state index < -0.39 is 11.9 Å². The molecule has 2 aromatic carbocycles. The van der Waals surface area contributed by atoms with Gasteiger partial charge in [0.25, 0.3) is 0 Å². The molecule has 1 amide bonds. The van der Waals surface area contributed by atoms with Crippen LogP contribution in [-0.4, -0.2) is 17.8 Å². The van der Waals surface area contributed by atoms with Crippen LogP contribution in [0.25, 0.3) is 0 Å². The molecule has 2 aromatic rings. The van der Waals surface area contributed by atoms with Crippen LogP contribution in [0.4, 0.5) is 11.4 Å². The number of rotatable bonds is 3. The van der Waals surface area contributed by atoms with Gasteiger partial charge in [-0.05, 0) is 48.5 Å². The van der Waals surface area contributed by atoms with Crippen LogP contribution in [0.3, 0.4) is 0 Å². The summed E-state index contributed by atoms with van der Waals surface area (Å²) in [6, 6.07) is 12.1. The number of carbonyl (C=O) groups is 3. The summed E-state index contributed by atoms with van der Waals surface area (Å²) in [6.07, 6.45) is 0. The van der Waals surface area contributed by atoms with Crippen molar-refractivity contribution in [3.63, 3.8) is 0 Å². The van der Waals surface area contributed by atoms with Gasteiger partial charge in [0.15, 0.2) is 0 Å². The van der Waals surface area contributed by atoms with Crippen LogP contribution < -0.4 is 11.1 Å². The lowest BCUT2D eigenvalue weighted by Crippen LogP contribution is -2.13. The summed E-state index contributed by atoms with van der Waals surface area (Å²) in [7, 11) is 0. The molecule has 112 valence electrons. The van der Waals surface area contributed by atoms with Crippen molar-refractivity contribution in [1.29, 1.82) is 0 Å². The van der Waals surface area contributed by atoms with Gasteiger partial charge in [0.1, 0.15) is 0 Å². The van der Waals surface area contributed by atoms with Crippen molar-refractivity contribution in [2.75, 3.05) is 11.1 Å². The Bertz CT molecular complexity index is 706. The second-order valence-corrected chi connectivity index (χ2v) is 4.56. The molecule has 0 bridgehead atoms. The maximum absolute atomic E-state index is 11.9. The lowest BCUT2D eigenvalue weighted by Gasteiger charge is -2.05. The number of hydrogen-bond donors (Lipinski definition) is 2. The summed E-state index contributed by atoms with van der Waals surface area (Å²) in [5, 5.41) is 2.57. The highest BCUT2D eigenvalue weighted by Crippen LogP contribution is 2.12. The molecule has 2 rings (SSSR count). The fourth-order valence-electron chi connectivity index (χ4n) is 1.71. The Balaban J connectivity index is 2.03. The average Bonchev–Trinajstić information content (AvgIpc) is 2.48. The number of hydrogen-bond acceptors (Lipinski definition) is 5. The molecule has 0 aliphatic rings. The third-order valence-electron chi connectivity index (χ3n) is 2.77. The smallest absolute Gasteiger partial charge is 0.346 e. The number of nitrogens with one attached hydrogen (secondary N) is 1. The van der Waals surface area contributed by atoms with E-state index in [9.17, 15) is 14.4 Å². The number of carbonyl (C=O) groups excluding carboxylic acids is 3. The minimum absolute atomic E-state index is 0.206. The maximum Gasteiger partial charge on any atom is 0.346 e. The maximum atomic E-state index is 11.9. The summed E-state index contributed by atoms with van der Waals surface area (Å²) in [5.74, 6) is -1.74. The molecule has 6 nitrogen and oxygen atoms in total. The van der Waals surface area contributed by atoms with E-state index in [1.807, 2.05) is 0 Å². The van der Waals surface area contributed by atoms with Crippen molar-refractivity contribution >= 4 is 29.2 Å². The molecular weight excluding hydrogens is 284 g/mol. The molecule has 0 radical (unpaired) electrons. The van der Waals surface area contributed by atoms with Gasteiger partial charge in [-0.2, -0.15) is 0 Å². The van der Waals surface area contributed by atoms with Crippen molar-refractivity contribution in [2.24, 2.45) is 0 Å². The molecule has 0 unspecified atom stereocenters. The lowest BCUT2D eigenvalue weighted by atomic mass is 10.2. The highest BCUT2D eigenvalue weighted by Gasteiger charge is 2.14. The normalized spacial score (nSPS) is 9.86. The molecular formula is C16H14N2O4. The van der Waals surface area contributed by atoms with E-state index >= 15 is 0 Å². The van der Waals surface area contributed by atoms with Crippen LogP contribution in [-0.2, 0) is 9.53 Å². The van der Waals surface area contributed by atoms with Gasteiger partial charge in [-0.25, -0.2) is 9.59 Å². The first kappa shape index (κ1) is 15.2. The van der Waals surface area contributed by atoms with Gasteiger partial charge in [-0.3, -0.25) is 4.79 Å². The molecule has 6 heteroatoms. The molecule has 0 spiro atoms. The van der Waals surface area contributed by atoms with Crippen LogP contribution in [0.5, 0.6) is 0 Å². The standard InChI is InChI=1S/C16H14N2O4/c1-10(19)18-14-8-4-12(5-9-14)16(21)22-15(20)11-2-6-13(17)7-3-11/h2-9H,17H2,1H3,(H,18,19). The van der Waals surface area contributed by atoms with Gasteiger partial charge in [0.2, 0.25) is 5.91 Å². The average molecular weight is 298 g/mol. The zero-order valence-corrected chi connectivity index (χ0v) is 11.8. The van der Waals surface area contributed by atoms with Crippen molar-refractivity contribution in [2.45, 2.75) is 6.92 Å². The quantitative estimate of drug-likeness (QED) is 0.514. The fourth-order valence-corrected chi connectivity index (χ4v) is 1.71. The monoisotopic (exact) mass is 298 g/mol. The first-order valence-electron chi connectivity index (χ1n) is 6.45. The van der Waals surface area contributed by atoms with Gasteiger partial charge in [-0.15, -0.1) is 0 Å². The molecule has 0 saturated carbocycles. The Hall–Kier alpha value is -3.15. The van der Waals surface area contributed by atoms with E-state index in [1.54, 1.807) is 24.3 Å². The zero-order chi connectivity index (χ0) is 16.1. The van der Waals surface area contributed by atoms with Crippen LogP contribution in [0.1, 0.15) is 27.6 Å². The van der Waals surface area contributed by atoms with Crippen LogP contribution in [0.15, 0.2) is 48.5 Å². The number of nitrogens with two attached hydrogens (primary N) is 1. The molecule has 0 atom stereocenters. The molecule has 22 heavy (non-hydrogen) atoms. The van der Waals surface area contributed by atoms with Crippen molar-refractivity contribution < 1.29 is 19.1 Å². The van der Waals surface area contributed by atoms with Crippen LogP contribution in [0, 0.1) is 0 Å². The number of nitrogen functional groups attached to an aromatic ring is 1.